The minimum atomic E-state index is -1.06. The highest BCUT2D eigenvalue weighted by Crippen LogP contribution is 2.18. The van der Waals surface area contributed by atoms with Crippen LogP contribution in [0.2, 0.25) is 0 Å². The van der Waals surface area contributed by atoms with Crippen molar-refractivity contribution in [3.63, 3.8) is 0 Å². The first-order valence-corrected chi connectivity index (χ1v) is 5.46. The van der Waals surface area contributed by atoms with Gasteiger partial charge in [0.1, 0.15) is 11.6 Å². The Labute approximate surface area is 104 Å². The van der Waals surface area contributed by atoms with Crippen LogP contribution in [0.1, 0.15) is 12.0 Å². The molecule has 3 N–H and O–H groups in total. The predicted octanol–water partition coefficient (Wildman–Crippen LogP) is 0.759. The molecule has 0 saturated heterocycles. The van der Waals surface area contributed by atoms with Crippen molar-refractivity contribution < 1.29 is 24.1 Å². The number of carbonyl (C=O) groups is 1. The Hall–Kier alpha value is -1.66. The quantitative estimate of drug-likeness (QED) is 0.672. The van der Waals surface area contributed by atoms with Gasteiger partial charge in [0.15, 0.2) is 0 Å². The fraction of sp³-hybridized carbons (Fsp3) is 0.417. The summed E-state index contributed by atoms with van der Waals surface area (Å²) in [4.78, 5) is 10.3. The number of methoxy groups -OCH3 is 1. The Bertz CT molecular complexity index is 411. The molecule has 0 spiro atoms. The van der Waals surface area contributed by atoms with Gasteiger partial charge in [-0.1, -0.05) is 0 Å². The van der Waals surface area contributed by atoms with Crippen LogP contribution in [-0.4, -0.2) is 35.9 Å². The number of aliphatic carboxylic acids is 1. The highest BCUT2D eigenvalue weighted by atomic mass is 19.1. The monoisotopic (exact) mass is 257 g/mol. The fourth-order valence-electron chi connectivity index (χ4n) is 1.53. The smallest absolute Gasteiger partial charge is 0.306 e. The van der Waals surface area contributed by atoms with Gasteiger partial charge < -0.3 is 20.3 Å². The van der Waals surface area contributed by atoms with Crippen LogP contribution in [0.15, 0.2) is 18.2 Å². The molecule has 0 heterocycles. The molecule has 1 aromatic rings. The van der Waals surface area contributed by atoms with E-state index in [0.717, 1.165) is 0 Å². The molecule has 0 fully saturated rings. The van der Waals surface area contributed by atoms with Gasteiger partial charge in [-0.3, -0.25) is 4.79 Å². The van der Waals surface area contributed by atoms with Crippen molar-refractivity contribution >= 4 is 5.97 Å². The number of benzene rings is 1. The Kier molecular flexibility index (Phi) is 5.54. The Morgan fingerprint density at radius 2 is 2.28 bits per heavy atom. The first kappa shape index (κ1) is 14.4. The second kappa shape index (κ2) is 6.93. The third-order valence-corrected chi connectivity index (χ3v) is 2.35. The van der Waals surface area contributed by atoms with Gasteiger partial charge in [0.2, 0.25) is 0 Å². The van der Waals surface area contributed by atoms with Crippen LogP contribution in [0.4, 0.5) is 4.39 Å². The molecule has 5 nitrogen and oxygen atoms in total. The standard InChI is InChI=1S/C12H16FNO4/c1-18-11-3-2-9(13)4-8(11)6-14-7-10(15)5-12(16)17/h2-4,10,14-15H,5-7H2,1H3,(H,16,17). The van der Waals surface area contributed by atoms with Gasteiger partial charge in [-0.2, -0.15) is 0 Å². The molecule has 0 saturated carbocycles. The summed E-state index contributed by atoms with van der Waals surface area (Å²) < 4.78 is 18.1. The number of aliphatic hydroxyl groups excluding tert-OH is 1. The molecule has 6 heteroatoms. The van der Waals surface area contributed by atoms with E-state index in [1.54, 1.807) is 0 Å². The number of aliphatic hydroxyl groups is 1. The van der Waals surface area contributed by atoms with E-state index in [1.165, 1.54) is 25.3 Å². The molecule has 0 amide bonds. The number of hydrogen-bond donors (Lipinski definition) is 3. The Morgan fingerprint density at radius 3 is 2.89 bits per heavy atom. The Morgan fingerprint density at radius 1 is 1.56 bits per heavy atom. The minimum Gasteiger partial charge on any atom is -0.496 e. The van der Waals surface area contributed by atoms with Crippen LogP contribution < -0.4 is 10.1 Å². The molecule has 0 radical (unpaired) electrons. The second-order valence-electron chi connectivity index (χ2n) is 3.84. The van der Waals surface area contributed by atoms with Gasteiger partial charge in [0.25, 0.3) is 0 Å². The number of hydrogen-bond acceptors (Lipinski definition) is 4. The molecule has 0 aliphatic carbocycles. The van der Waals surface area contributed by atoms with Crippen LogP contribution in [0, 0.1) is 5.82 Å². The molecule has 0 bridgehead atoms. The lowest BCUT2D eigenvalue weighted by atomic mass is 10.2. The summed E-state index contributed by atoms with van der Waals surface area (Å²) >= 11 is 0. The zero-order chi connectivity index (χ0) is 13.5. The number of nitrogens with one attached hydrogen (secondary N) is 1. The molecule has 0 aliphatic rings. The third-order valence-electron chi connectivity index (χ3n) is 2.35. The van der Waals surface area contributed by atoms with E-state index in [9.17, 15) is 14.3 Å². The minimum absolute atomic E-state index is 0.117. The van der Waals surface area contributed by atoms with E-state index >= 15 is 0 Å². The van der Waals surface area contributed by atoms with Gasteiger partial charge in [-0.25, -0.2) is 4.39 Å². The number of ether oxygens (including phenoxy) is 1. The van der Waals surface area contributed by atoms with Gasteiger partial charge in [0, 0.05) is 18.7 Å². The highest BCUT2D eigenvalue weighted by Gasteiger charge is 2.10. The van der Waals surface area contributed by atoms with E-state index in [2.05, 4.69) is 5.32 Å². The molecular formula is C12H16FNO4. The maximum atomic E-state index is 13.0. The van der Waals surface area contributed by atoms with Gasteiger partial charge >= 0.3 is 5.97 Å². The van der Waals surface area contributed by atoms with Gasteiger partial charge in [-0.15, -0.1) is 0 Å². The van der Waals surface area contributed by atoms with Gasteiger partial charge in [0.05, 0.1) is 19.6 Å². The van der Waals surface area contributed by atoms with Gasteiger partial charge in [-0.05, 0) is 18.2 Å². The molecule has 100 valence electrons. The largest absolute Gasteiger partial charge is 0.496 e. The van der Waals surface area contributed by atoms with E-state index in [-0.39, 0.29) is 25.3 Å². The topological polar surface area (TPSA) is 78.8 Å². The normalized spacial score (nSPS) is 12.2. The predicted molar refractivity (Wildman–Crippen MR) is 62.9 cm³/mol. The number of carboxylic acids is 1. The van der Waals surface area contributed by atoms with Crippen molar-refractivity contribution in [2.45, 2.75) is 19.1 Å². The van der Waals surface area contributed by atoms with Crippen molar-refractivity contribution in [1.29, 1.82) is 0 Å². The van der Waals surface area contributed by atoms with E-state index in [1.807, 2.05) is 0 Å². The summed E-state index contributed by atoms with van der Waals surface area (Å²) in [5.74, 6) is -0.900. The highest BCUT2D eigenvalue weighted by molar-refractivity contribution is 5.67. The van der Waals surface area contributed by atoms with Crippen LogP contribution in [0.5, 0.6) is 5.75 Å². The lowest BCUT2D eigenvalue weighted by Gasteiger charge is -2.12. The van der Waals surface area contributed by atoms with Crippen molar-refractivity contribution in [1.82, 2.24) is 5.32 Å². The van der Waals surface area contributed by atoms with E-state index < -0.39 is 12.1 Å². The molecular weight excluding hydrogens is 241 g/mol. The van der Waals surface area contributed by atoms with Crippen LogP contribution in [-0.2, 0) is 11.3 Å². The second-order valence-corrected chi connectivity index (χ2v) is 3.84. The molecule has 1 rings (SSSR count). The number of halogens is 1. The maximum Gasteiger partial charge on any atom is 0.306 e. The summed E-state index contributed by atoms with van der Waals surface area (Å²) in [6.07, 6.45) is -1.30. The molecule has 1 unspecified atom stereocenters. The van der Waals surface area contributed by atoms with Crippen molar-refractivity contribution in [3.05, 3.63) is 29.6 Å². The summed E-state index contributed by atoms with van der Waals surface area (Å²) in [6, 6.07) is 4.14. The average molecular weight is 257 g/mol. The first-order valence-electron chi connectivity index (χ1n) is 5.46. The van der Waals surface area contributed by atoms with Crippen molar-refractivity contribution in [2.75, 3.05) is 13.7 Å². The average Bonchev–Trinajstić information content (AvgIpc) is 2.28. The van der Waals surface area contributed by atoms with Crippen molar-refractivity contribution in [2.24, 2.45) is 0 Å². The fourth-order valence-corrected chi connectivity index (χ4v) is 1.53. The molecule has 1 atom stereocenters. The van der Waals surface area contributed by atoms with Crippen molar-refractivity contribution in [3.8, 4) is 5.75 Å². The third kappa shape index (κ3) is 4.68. The Balaban J connectivity index is 2.48. The SMILES string of the molecule is COc1ccc(F)cc1CNCC(O)CC(=O)O. The summed E-state index contributed by atoms with van der Waals surface area (Å²) in [5.41, 5.74) is 0.611. The van der Waals surface area contributed by atoms with Crippen LogP contribution >= 0.6 is 0 Å². The summed E-state index contributed by atoms with van der Waals surface area (Å²) in [7, 11) is 1.48. The molecule has 0 aromatic heterocycles. The zero-order valence-corrected chi connectivity index (χ0v) is 10.0. The molecule has 18 heavy (non-hydrogen) atoms. The van der Waals surface area contributed by atoms with E-state index in [0.29, 0.717) is 11.3 Å². The number of rotatable bonds is 7. The van der Waals surface area contributed by atoms with E-state index in [4.69, 9.17) is 9.84 Å². The molecule has 0 aliphatic heterocycles. The summed E-state index contributed by atoms with van der Waals surface area (Å²) in [5, 5.41) is 20.6. The maximum absolute atomic E-state index is 13.0. The lowest BCUT2D eigenvalue weighted by molar-refractivity contribution is -0.139. The zero-order valence-electron chi connectivity index (χ0n) is 10.0. The summed E-state index contributed by atoms with van der Waals surface area (Å²) in [6.45, 7) is 0.406. The van der Waals surface area contributed by atoms with Crippen LogP contribution in [0.25, 0.3) is 0 Å². The lowest BCUT2D eigenvalue weighted by Crippen LogP contribution is -2.28. The molecule has 1 aromatic carbocycles. The number of carboxylic acid groups (broad SMARTS) is 1. The first-order chi connectivity index (χ1) is 8.52. The van der Waals surface area contributed by atoms with Crippen LogP contribution in [0.3, 0.4) is 0 Å².